The minimum atomic E-state index is -0.186. The molecule has 3 heteroatoms. The average Bonchev–Trinajstić information content (AvgIpc) is 2.41. The zero-order valence-electron chi connectivity index (χ0n) is 12.7. The van der Waals surface area contributed by atoms with Crippen LogP contribution in [0.4, 0.5) is 4.39 Å². The molecule has 0 aliphatic carbocycles. The first-order chi connectivity index (χ1) is 10.0. The molecule has 0 fully saturated rings. The summed E-state index contributed by atoms with van der Waals surface area (Å²) in [6, 6.07) is 11.1. The Labute approximate surface area is 131 Å². The third-order valence-corrected chi connectivity index (χ3v) is 3.86. The van der Waals surface area contributed by atoms with E-state index in [1.165, 1.54) is 0 Å². The molecule has 21 heavy (non-hydrogen) atoms. The van der Waals surface area contributed by atoms with Gasteiger partial charge in [-0.15, -0.1) is 0 Å². The Morgan fingerprint density at radius 3 is 2.38 bits per heavy atom. The summed E-state index contributed by atoms with van der Waals surface area (Å²) in [5.41, 5.74) is 4.16. The van der Waals surface area contributed by atoms with Gasteiger partial charge in [-0.3, -0.25) is 0 Å². The van der Waals surface area contributed by atoms with Crippen LogP contribution in [0.1, 0.15) is 41.6 Å². The molecule has 2 rings (SSSR count). The molecule has 0 spiro atoms. The van der Waals surface area contributed by atoms with Gasteiger partial charge in [0.1, 0.15) is 5.82 Å². The van der Waals surface area contributed by atoms with E-state index in [9.17, 15) is 4.39 Å². The topological polar surface area (TPSA) is 12.0 Å². The van der Waals surface area contributed by atoms with E-state index in [0.29, 0.717) is 5.02 Å². The van der Waals surface area contributed by atoms with Crippen LogP contribution in [0.5, 0.6) is 0 Å². The molecule has 0 bridgehead atoms. The van der Waals surface area contributed by atoms with Crippen molar-refractivity contribution in [1.82, 2.24) is 5.32 Å². The van der Waals surface area contributed by atoms with E-state index in [-0.39, 0.29) is 11.9 Å². The van der Waals surface area contributed by atoms with Gasteiger partial charge < -0.3 is 5.32 Å². The summed E-state index contributed by atoms with van der Waals surface area (Å²) in [6.45, 7) is 6.94. The number of benzene rings is 2. The second kappa shape index (κ2) is 7.06. The van der Waals surface area contributed by atoms with E-state index in [4.69, 9.17) is 11.6 Å². The van der Waals surface area contributed by atoms with Crippen LogP contribution in [-0.4, -0.2) is 6.54 Å². The van der Waals surface area contributed by atoms with E-state index < -0.39 is 0 Å². The molecule has 1 N–H and O–H groups in total. The summed E-state index contributed by atoms with van der Waals surface area (Å²) in [5.74, 6) is -0.186. The molecular weight excluding hydrogens is 285 g/mol. The first-order valence-electron chi connectivity index (χ1n) is 7.28. The van der Waals surface area contributed by atoms with Crippen molar-refractivity contribution >= 4 is 11.6 Å². The standard InChI is InChI=1S/C18H21ClFN/c1-4-8-21-18(14-6-5-7-15(19)11-14)17-12(2)9-16(20)10-13(17)3/h5-7,9-11,18,21H,4,8H2,1-3H3. The van der Waals surface area contributed by atoms with Gasteiger partial charge in [0.05, 0.1) is 6.04 Å². The Hall–Kier alpha value is -1.38. The maximum Gasteiger partial charge on any atom is 0.123 e. The van der Waals surface area contributed by atoms with Crippen LogP contribution in [0, 0.1) is 19.7 Å². The number of hydrogen-bond donors (Lipinski definition) is 1. The van der Waals surface area contributed by atoms with Gasteiger partial charge in [-0.1, -0.05) is 30.7 Å². The van der Waals surface area contributed by atoms with Crippen molar-refractivity contribution in [3.8, 4) is 0 Å². The van der Waals surface area contributed by atoms with Crippen molar-refractivity contribution in [3.63, 3.8) is 0 Å². The van der Waals surface area contributed by atoms with Crippen molar-refractivity contribution in [2.45, 2.75) is 33.2 Å². The Morgan fingerprint density at radius 1 is 1.14 bits per heavy atom. The molecule has 0 saturated heterocycles. The molecule has 0 aromatic heterocycles. The predicted molar refractivity (Wildman–Crippen MR) is 87.5 cm³/mol. The monoisotopic (exact) mass is 305 g/mol. The molecule has 1 nitrogen and oxygen atoms in total. The fourth-order valence-electron chi connectivity index (χ4n) is 2.74. The van der Waals surface area contributed by atoms with E-state index in [1.807, 2.05) is 32.0 Å². The first kappa shape index (κ1) is 16.0. The average molecular weight is 306 g/mol. The number of aryl methyl sites for hydroxylation is 2. The SMILES string of the molecule is CCCNC(c1cccc(Cl)c1)c1c(C)cc(F)cc1C. The zero-order valence-corrected chi connectivity index (χ0v) is 13.5. The van der Waals surface area contributed by atoms with Gasteiger partial charge in [-0.05, 0) is 73.3 Å². The van der Waals surface area contributed by atoms with Crippen LogP contribution in [0.3, 0.4) is 0 Å². The van der Waals surface area contributed by atoms with Crippen molar-refractivity contribution < 1.29 is 4.39 Å². The lowest BCUT2D eigenvalue weighted by Gasteiger charge is -2.24. The molecule has 2 aromatic carbocycles. The molecule has 0 heterocycles. The Morgan fingerprint density at radius 2 is 1.81 bits per heavy atom. The molecule has 0 aliphatic rings. The summed E-state index contributed by atoms with van der Waals surface area (Å²) in [4.78, 5) is 0. The van der Waals surface area contributed by atoms with E-state index >= 15 is 0 Å². The molecule has 1 atom stereocenters. The van der Waals surface area contributed by atoms with Crippen LogP contribution in [0.2, 0.25) is 5.02 Å². The predicted octanol–water partition coefficient (Wildman–Crippen LogP) is 5.18. The van der Waals surface area contributed by atoms with Crippen LogP contribution >= 0.6 is 11.6 Å². The third-order valence-electron chi connectivity index (χ3n) is 3.63. The highest BCUT2D eigenvalue weighted by atomic mass is 35.5. The maximum absolute atomic E-state index is 13.5. The lowest BCUT2D eigenvalue weighted by atomic mass is 9.91. The molecule has 2 aromatic rings. The van der Waals surface area contributed by atoms with Crippen molar-refractivity contribution in [3.05, 3.63) is 69.5 Å². The molecule has 0 amide bonds. The molecule has 0 saturated carbocycles. The van der Waals surface area contributed by atoms with Crippen LogP contribution in [0.15, 0.2) is 36.4 Å². The highest BCUT2D eigenvalue weighted by molar-refractivity contribution is 6.30. The Bertz CT molecular complexity index is 601. The Kier molecular flexibility index (Phi) is 5.38. The van der Waals surface area contributed by atoms with Gasteiger partial charge in [-0.25, -0.2) is 4.39 Å². The normalized spacial score (nSPS) is 12.4. The van der Waals surface area contributed by atoms with Crippen LogP contribution in [-0.2, 0) is 0 Å². The van der Waals surface area contributed by atoms with Gasteiger partial charge in [0.2, 0.25) is 0 Å². The largest absolute Gasteiger partial charge is 0.306 e. The lowest BCUT2D eigenvalue weighted by molar-refractivity contribution is 0.586. The van der Waals surface area contributed by atoms with Crippen molar-refractivity contribution in [2.24, 2.45) is 0 Å². The lowest BCUT2D eigenvalue weighted by Crippen LogP contribution is -2.25. The maximum atomic E-state index is 13.5. The van der Waals surface area contributed by atoms with E-state index in [1.54, 1.807) is 12.1 Å². The molecule has 0 radical (unpaired) electrons. The number of rotatable bonds is 5. The number of nitrogens with one attached hydrogen (secondary N) is 1. The van der Waals surface area contributed by atoms with Crippen LogP contribution in [0.25, 0.3) is 0 Å². The van der Waals surface area contributed by atoms with Crippen molar-refractivity contribution in [2.75, 3.05) is 6.54 Å². The van der Waals surface area contributed by atoms with E-state index in [0.717, 1.165) is 35.2 Å². The van der Waals surface area contributed by atoms with Crippen LogP contribution < -0.4 is 5.32 Å². The summed E-state index contributed by atoms with van der Waals surface area (Å²) < 4.78 is 13.5. The highest BCUT2D eigenvalue weighted by Gasteiger charge is 2.18. The molecule has 1 unspecified atom stereocenters. The minimum absolute atomic E-state index is 0.0317. The summed E-state index contributed by atoms with van der Waals surface area (Å²) in [7, 11) is 0. The highest BCUT2D eigenvalue weighted by Crippen LogP contribution is 2.30. The quantitative estimate of drug-likeness (QED) is 0.802. The van der Waals surface area contributed by atoms with Gasteiger partial charge in [0, 0.05) is 5.02 Å². The minimum Gasteiger partial charge on any atom is -0.306 e. The summed E-state index contributed by atoms with van der Waals surface area (Å²) >= 11 is 6.13. The van der Waals surface area contributed by atoms with Gasteiger partial charge in [-0.2, -0.15) is 0 Å². The van der Waals surface area contributed by atoms with E-state index in [2.05, 4.69) is 18.3 Å². The fraction of sp³-hybridized carbons (Fsp3) is 0.333. The summed E-state index contributed by atoms with van der Waals surface area (Å²) in [6.07, 6.45) is 1.04. The summed E-state index contributed by atoms with van der Waals surface area (Å²) in [5, 5.41) is 4.27. The second-order valence-electron chi connectivity index (χ2n) is 5.40. The molecular formula is C18H21ClFN. The first-order valence-corrected chi connectivity index (χ1v) is 7.66. The third kappa shape index (κ3) is 3.84. The van der Waals surface area contributed by atoms with Crippen molar-refractivity contribution in [1.29, 1.82) is 0 Å². The molecule has 0 aliphatic heterocycles. The fourth-order valence-corrected chi connectivity index (χ4v) is 2.94. The second-order valence-corrected chi connectivity index (χ2v) is 5.83. The smallest absolute Gasteiger partial charge is 0.123 e. The van der Waals surface area contributed by atoms with Gasteiger partial charge in [0.15, 0.2) is 0 Å². The molecule has 112 valence electrons. The van der Waals surface area contributed by atoms with Gasteiger partial charge in [0.25, 0.3) is 0 Å². The Balaban J connectivity index is 2.50. The zero-order chi connectivity index (χ0) is 15.4. The number of hydrogen-bond acceptors (Lipinski definition) is 1. The van der Waals surface area contributed by atoms with Gasteiger partial charge >= 0.3 is 0 Å². The number of halogens is 2.